The van der Waals surface area contributed by atoms with E-state index < -0.39 is 0 Å². The monoisotopic (exact) mass is 280 g/mol. The van der Waals surface area contributed by atoms with Crippen molar-refractivity contribution in [1.82, 2.24) is 10.3 Å². The largest absolute Gasteiger partial charge is 0.308 e. The maximum atomic E-state index is 4.26. The normalized spacial score (nSPS) is 17.2. The minimum atomic E-state index is 0.788. The summed E-state index contributed by atoms with van der Waals surface area (Å²) in [6.45, 7) is 0.957. The predicted molar refractivity (Wildman–Crippen MR) is 54.7 cm³/mol. The minimum Gasteiger partial charge on any atom is -0.308 e. The third kappa shape index (κ3) is 2.38. The Balaban J connectivity index is 1.85. The number of thiazole rings is 1. The maximum Gasteiger partial charge on any atom is 0.107 e. The van der Waals surface area contributed by atoms with Gasteiger partial charge in [-0.15, -0.1) is 11.3 Å². The van der Waals surface area contributed by atoms with Crippen molar-refractivity contribution in [2.45, 2.75) is 25.4 Å². The van der Waals surface area contributed by atoms with Crippen molar-refractivity contribution in [1.29, 1.82) is 0 Å². The summed E-state index contributed by atoms with van der Waals surface area (Å²) in [5, 5.41) is 4.64. The topological polar surface area (TPSA) is 24.9 Å². The van der Waals surface area contributed by atoms with Crippen molar-refractivity contribution in [3.63, 3.8) is 0 Å². The number of nitrogens with one attached hydrogen (secondary N) is 1. The molecule has 1 fully saturated rings. The van der Waals surface area contributed by atoms with Gasteiger partial charge in [0.25, 0.3) is 0 Å². The van der Waals surface area contributed by atoms with Crippen LogP contribution >= 0.6 is 33.9 Å². The van der Waals surface area contributed by atoms with Gasteiger partial charge in [0, 0.05) is 12.6 Å². The van der Waals surface area contributed by atoms with E-state index in [1.807, 2.05) is 6.20 Å². The molecule has 0 radical (unpaired) electrons. The summed E-state index contributed by atoms with van der Waals surface area (Å²) < 4.78 is 1.27. The molecule has 0 aromatic carbocycles. The minimum absolute atomic E-state index is 0.788. The van der Waals surface area contributed by atoms with E-state index in [1.54, 1.807) is 11.3 Å². The first-order valence-electron chi connectivity index (χ1n) is 3.68. The number of hydrogen-bond acceptors (Lipinski definition) is 3. The van der Waals surface area contributed by atoms with E-state index >= 15 is 0 Å². The van der Waals surface area contributed by atoms with Crippen molar-refractivity contribution in [2.24, 2.45) is 0 Å². The van der Waals surface area contributed by atoms with Gasteiger partial charge in [0.05, 0.1) is 9.08 Å². The van der Waals surface area contributed by atoms with E-state index in [1.165, 1.54) is 20.7 Å². The molecule has 0 atom stereocenters. The lowest BCUT2D eigenvalue weighted by molar-refractivity contribution is 0.684. The van der Waals surface area contributed by atoms with Crippen LogP contribution in [0.15, 0.2) is 6.20 Å². The van der Waals surface area contributed by atoms with Crippen LogP contribution in [0, 0.1) is 2.88 Å². The fourth-order valence-electron chi connectivity index (χ4n) is 0.889. The van der Waals surface area contributed by atoms with Crippen molar-refractivity contribution >= 4 is 33.9 Å². The lowest BCUT2D eigenvalue weighted by Crippen LogP contribution is -2.14. The zero-order chi connectivity index (χ0) is 7.68. The van der Waals surface area contributed by atoms with Crippen LogP contribution in [0.3, 0.4) is 0 Å². The Morgan fingerprint density at radius 2 is 2.55 bits per heavy atom. The molecular formula is C7H9IN2S. The number of hydrogen-bond donors (Lipinski definition) is 1. The summed E-state index contributed by atoms with van der Waals surface area (Å²) in [5.74, 6) is 0. The molecule has 1 heterocycles. The van der Waals surface area contributed by atoms with Gasteiger partial charge >= 0.3 is 0 Å². The summed E-state index contributed by atoms with van der Waals surface area (Å²) in [7, 11) is 0. The first-order chi connectivity index (χ1) is 5.34. The predicted octanol–water partition coefficient (Wildman–Crippen LogP) is 2.00. The van der Waals surface area contributed by atoms with Gasteiger partial charge in [-0.1, -0.05) is 0 Å². The van der Waals surface area contributed by atoms with Crippen molar-refractivity contribution in [3.8, 4) is 0 Å². The van der Waals surface area contributed by atoms with E-state index in [4.69, 9.17) is 0 Å². The highest BCUT2D eigenvalue weighted by Crippen LogP contribution is 2.20. The molecule has 2 nitrogen and oxygen atoms in total. The summed E-state index contributed by atoms with van der Waals surface area (Å²) in [6, 6.07) is 0.788. The van der Waals surface area contributed by atoms with Gasteiger partial charge < -0.3 is 5.32 Å². The Bertz CT molecular complexity index is 244. The molecule has 4 heteroatoms. The zero-order valence-corrected chi connectivity index (χ0v) is 8.98. The standard InChI is InChI=1S/C7H9IN2S/c8-6-3-10-7(11-6)4-9-5-1-2-5/h3,5,9H,1-2,4H2. The smallest absolute Gasteiger partial charge is 0.107 e. The second-order valence-electron chi connectivity index (χ2n) is 2.71. The molecule has 11 heavy (non-hydrogen) atoms. The Morgan fingerprint density at radius 3 is 3.09 bits per heavy atom. The Morgan fingerprint density at radius 1 is 1.73 bits per heavy atom. The molecule has 1 N–H and O–H groups in total. The molecule has 1 aromatic heterocycles. The van der Waals surface area contributed by atoms with Gasteiger partial charge in [0.2, 0.25) is 0 Å². The highest BCUT2D eigenvalue weighted by molar-refractivity contribution is 14.1. The van der Waals surface area contributed by atoms with Crippen LogP contribution in [0.2, 0.25) is 0 Å². The van der Waals surface area contributed by atoms with Crippen LogP contribution in [0.25, 0.3) is 0 Å². The van der Waals surface area contributed by atoms with Crippen LogP contribution in [-0.2, 0) is 6.54 Å². The van der Waals surface area contributed by atoms with E-state index in [-0.39, 0.29) is 0 Å². The number of rotatable bonds is 3. The van der Waals surface area contributed by atoms with Crippen molar-refractivity contribution in [3.05, 3.63) is 14.1 Å². The Labute approximate surface area is 83.6 Å². The lowest BCUT2D eigenvalue weighted by atomic mass is 10.6. The quantitative estimate of drug-likeness (QED) is 0.857. The zero-order valence-electron chi connectivity index (χ0n) is 6.01. The molecule has 0 amide bonds. The molecule has 0 unspecified atom stereocenters. The lowest BCUT2D eigenvalue weighted by Gasteiger charge is -1.95. The first kappa shape index (κ1) is 7.94. The second-order valence-corrected chi connectivity index (χ2v) is 5.72. The fourth-order valence-corrected chi connectivity index (χ4v) is 2.38. The van der Waals surface area contributed by atoms with Crippen LogP contribution in [0.4, 0.5) is 0 Å². The summed E-state index contributed by atoms with van der Waals surface area (Å²) in [6.07, 6.45) is 4.63. The van der Waals surface area contributed by atoms with Gasteiger partial charge in [-0.05, 0) is 35.4 Å². The molecule has 0 spiro atoms. The number of nitrogens with zero attached hydrogens (tertiary/aromatic N) is 1. The van der Waals surface area contributed by atoms with E-state index in [0.29, 0.717) is 0 Å². The fraction of sp³-hybridized carbons (Fsp3) is 0.571. The molecule has 0 aliphatic heterocycles. The SMILES string of the molecule is Ic1cnc(CNC2CC2)s1. The third-order valence-electron chi connectivity index (χ3n) is 1.64. The number of halogens is 1. The molecular weight excluding hydrogens is 271 g/mol. The van der Waals surface area contributed by atoms with Crippen LogP contribution in [0.1, 0.15) is 17.8 Å². The van der Waals surface area contributed by atoms with Gasteiger partial charge in [-0.2, -0.15) is 0 Å². The molecule has 1 aliphatic carbocycles. The van der Waals surface area contributed by atoms with Crippen LogP contribution < -0.4 is 5.32 Å². The summed E-state index contributed by atoms with van der Waals surface area (Å²) in [5.41, 5.74) is 0. The van der Waals surface area contributed by atoms with Gasteiger partial charge in [0.15, 0.2) is 0 Å². The van der Waals surface area contributed by atoms with Crippen molar-refractivity contribution in [2.75, 3.05) is 0 Å². The van der Waals surface area contributed by atoms with Gasteiger partial charge in [-0.25, -0.2) is 4.98 Å². The molecule has 2 rings (SSSR count). The molecule has 0 bridgehead atoms. The van der Waals surface area contributed by atoms with Gasteiger partial charge in [-0.3, -0.25) is 0 Å². The molecule has 1 aliphatic rings. The maximum absolute atomic E-state index is 4.26. The summed E-state index contributed by atoms with van der Waals surface area (Å²) in [4.78, 5) is 4.26. The van der Waals surface area contributed by atoms with E-state index in [2.05, 4.69) is 32.9 Å². The highest BCUT2D eigenvalue weighted by atomic mass is 127. The second kappa shape index (κ2) is 3.37. The Kier molecular flexibility index (Phi) is 2.43. The number of aromatic nitrogens is 1. The van der Waals surface area contributed by atoms with Gasteiger partial charge in [0.1, 0.15) is 5.01 Å². The third-order valence-corrected chi connectivity index (χ3v) is 3.37. The van der Waals surface area contributed by atoms with Crippen LogP contribution in [-0.4, -0.2) is 11.0 Å². The highest BCUT2D eigenvalue weighted by Gasteiger charge is 2.20. The molecule has 1 saturated carbocycles. The van der Waals surface area contributed by atoms with E-state index in [9.17, 15) is 0 Å². The Hall–Kier alpha value is 0.320. The summed E-state index contributed by atoms with van der Waals surface area (Å²) >= 11 is 4.07. The van der Waals surface area contributed by atoms with Crippen LogP contribution in [0.5, 0.6) is 0 Å². The molecule has 60 valence electrons. The van der Waals surface area contributed by atoms with Crippen molar-refractivity contribution < 1.29 is 0 Å². The molecule has 1 aromatic rings. The average Bonchev–Trinajstić information content (AvgIpc) is 2.72. The first-order valence-corrected chi connectivity index (χ1v) is 5.58. The molecule has 0 saturated heterocycles. The van der Waals surface area contributed by atoms with E-state index in [0.717, 1.165) is 12.6 Å². The average molecular weight is 280 g/mol.